The Morgan fingerprint density at radius 2 is 2.25 bits per heavy atom. The van der Waals surface area contributed by atoms with E-state index in [9.17, 15) is 10.1 Å². The number of benzene rings is 1. The SMILES string of the molecule is Cc1ccc([N+](=O)[O-])cc1NCC(C)CO. The first-order chi connectivity index (χ1) is 7.54. The van der Waals surface area contributed by atoms with Crippen LogP contribution in [0.1, 0.15) is 12.5 Å². The molecule has 0 radical (unpaired) electrons. The van der Waals surface area contributed by atoms with E-state index < -0.39 is 4.92 Å². The van der Waals surface area contributed by atoms with Gasteiger partial charge in [-0.25, -0.2) is 0 Å². The number of non-ortho nitro benzene ring substituents is 1. The maximum atomic E-state index is 10.6. The molecule has 0 saturated carbocycles. The number of rotatable bonds is 5. The highest BCUT2D eigenvalue weighted by Crippen LogP contribution is 2.21. The summed E-state index contributed by atoms with van der Waals surface area (Å²) in [5, 5.41) is 22.6. The fourth-order valence-electron chi connectivity index (χ4n) is 1.26. The predicted octanol–water partition coefficient (Wildman–Crippen LogP) is 1.94. The average Bonchev–Trinajstić information content (AvgIpc) is 2.27. The molecule has 0 spiro atoms. The van der Waals surface area contributed by atoms with Gasteiger partial charge in [-0.15, -0.1) is 0 Å². The summed E-state index contributed by atoms with van der Waals surface area (Å²) in [5.41, 5.74) is 1.77. The number of aliphatic hydroxyl groups is 1. The predicted molar refractivity (Wildman–Crippen MR) is 62.6 cm³/mol. The molecule has 0 aliphatic carbocycles. The first-order valence-corrected chi connectivity index (χ1v) is 5.14. The van der Waals surface area contributed by atoms with Crippen LogP contribution in [-0.2, 0) is 0 Å². The highest BCUT2D eigenvalue weighted by Gasteiger charge is 2.09. The molecule has 0 aliphatic rings. The molecule has 5 heteroatoms. The molecule has 2 N–H and O–H groups in total. The third-order valence-electron chi connectivity index (χ3n) is 2.38. The summed E-state index contributed by atoms with van der Waals surface area (Å²) in [7, 11) is 0. The fraction of sp³-hybridized carbons (Fsp3) is 0.455. The van der Waals surface area contributed by atoms with Crippen LogP contribution >= 0.6 is 0 Å². The van der Waals surface area contributed by atoms with Crippen molar-refractivity contribution >= 4 is 11.4 Å². The summed E-state index contributed by atoms with van der Waals surface area (Å²) in [6.07, 6.45) is 0. The Bertz CT molecular complexity index is 379. The van der Waals surface area contributed by atoms with Crippen molar-refractivity contribution in [2.24, 2.45) is 5.92 Å². The molecule has 1 unspecified atom stereocenters. The number of anilines is 1. The van der Waals surface area contributed by atoms with Gasteiger partial charge in [0.2, 0.25) is 0 Å². The second kappa shape index (κ2) is 5.46. The minimum atomic E-state index is -0.417. The average molecular weight is 224 g/mol. The molecule has 1 rings (SSSR count). The molecule has 0 bridgehead atoms. The van der Waals surface area contributed by atoms with E-state index >= 15 is 0 Å². The maximum absolute atomic E-state index is 10.6. The highest BCUT2D eigenvalue weighted by molar-refractivity contribution is 5.56. The number of nitrogens with zero attached hydrogens (tertiary/aromatic N) is 1. The van der Waals surface area contributed by atoms with Crippen LogP contribution < -0.4 is 5.32 Å². The topological polar surface area (TPSA) is 75.4 Å². The summed E-state index contributed by atoms with van der Waals surface area (Å²) in [4.78, 5) is 10.2. The van der Waals surface area contributed by atoms with Crippen LogP contribution in [0.25, 0.3) is 0 Å². The van der Waals surface area contributed by atoms with E-state index in [0.717, 1.165) is 11.3 Å². The zero-order chi connectivity index (χ0) is 12.1. The van der Waals surface area contributed by atoms with Gasteiger partial charge in [0.1, 0.15) is 0 Å². The minimum absolute atomic E-state index is 0.0738. The van der Waals surface area contributed by atoms with Gasteiger partial charge in [0.05, 0.1) is 4.92 Å². The van der Waals surface area contributed by atoms with Gasteiger partial charge in [-0.1, -0.05) is 13.0 Å². The Kier molecular flexibility index (Phi) is 4.25. The largest absolute Gasteiger partial charge is 0.396 e. The van der Waals surface area contributed by atoms with E-state index in [0.29, 0.717) is 6.54 Å². The zero-order valence-corrected chi connectivity index (χ0v) is 9.43. The van der Waals surface area contributed by atoms with Crippen molar-refractivity contribution in [3.8, 4) is 0 Å². The van der Waals surface area contributed by atoms with Gasteiger partial charge in [-0.05, 0) is 18.4 Å². The number of aliphatic hydroxyl groups excluding tert-OH is 1. The molecule has 16 heavy (non-hydrogen) atoms. The van der Waals surface area contributed by atoms with Gasteiger partial charge in [0.25, 0.3) is 5.69 Å². The van der Waals surface area contributed by atoms with Gasteiger partial charge in [0, 0.05) is 31.0 Å². The zero-order valence-electron chi connectivity index (χ0n) is 9.43. The molecule has 5 nitrogen and oxygen atoms in total. The first kappa shape index (κ1) is 12.4. The van der Waals surface area contributed by atoms with E-state index in [1.165, 1.54) is 12.1 Å². The number of hydrogen-bond acceptors (Lipinski definition) is 4. The van der Waals surface area contributed by atoms with E-state index in [2.05, 4.69) is 5.32 Å². The van der Waals surface area contributed by atoms with Crippen molar-refractivity contribution < 1.29 is 10.0 Å². The van der Waals surface area contributed by atoms with E-state index in [1.54, 1.807) is 6.07 Å². The van der Waals surface area contributed by atoms with Crippen LogP contribution in [0.2, 0.25) is 0 Å². The van der Waals surface area contributed by atoms with Crippen molar-refractivity contribution in [1.29, 1.82) is 0 Å². The van der Waals surface area contributed by atoms with E-state index in [1.807, 2.05) is 13.8 Å². The quantitative estimate of drug-likeness (QED) is 0.592. The molecule has 1 atom stereocenters. The number of hydrogen-bond donors (Lipinski definition) is 2. The van der Waals surface area contributed by atoms with Crippen LogP contribution in [0.5, 0.6) is 0 Å². The fourth-order valence-corrected chi connectivity index (χ4v) is 1.26. The maximum Gasteiger partial charge on any atom is 0.271 e. The molecule has 0 aromatic heterocycles. The van der Waals surface area contributed by atoms with Crippen molar-refractivity contribution in [3.05, 3.63) is 33.9 Å². The normalized spacial score (nSPS) is 12.2. The lowest BCUT2D eigenvalue weighted by Gasteiger charge is -2.12. The van der Waals surface area contributed by atoms with Crippen LogP contribution in [0, 0.1) is 23.0 Å². The van der Waals surface area contributed by atoms with Gasteiger partial charge in [-0.3, -0.25) is 10.1 Å². The summed E-state index contributed by atoms with van der Waals surface area (Å²) < 4.78 is 0. The Labute approximate surface area is 94.3 Å². The van der Waals surface area contributed by atoms with Crippen LogP contribution in [0.4, 0.5) is 11.4 Å². The van der Waals surface area contributed by atoms with Crippen LogP contribution in [0.3, 0.4) is 0 Å². The number of nitrogens with one attached hydrogen (secondary N) is 1. The first-order valence-electron chi connectivity index (χ1n) is 5.14. The molecular weight excluding hydrogens is 208 g/mol. The smallest absolute Gasteiger partial charge is 0.271 e. The summed E-state index contributed by atoms with van der Waals surface area (Å²) in [6, 6.07) is 4.71. The Balaban J connectivity index is 2.78. The van der Waals surface area contributed by atoms with E-state index in [4.69, 9.17) is 5.11 Å². The number of nitro benzene ring substituents is 1. The number of nitro groups is 1. The highest BCUT2D eigenvalue weighted by atomic mass is 16.6. The lowest BCUT2D eigenvalue weighted by molar-refractivity contribution is -0.384. The van der Waals surface area contributed by atoms with Gasteiger partial charge in [-0.2, -0.15) is 0 Å². The molecule has 1 aromatic rings. The van der Waals surface area contributed by atoms with Crippen molar-refractivity contribution in [3.63, 3.8) is 0 Å². The Morgan fingerprint density at radius 3 is 2.81 bits per heavy atom. The van der Waals surface area contributed by atoms with Crippen molar-refractivity contribution in [2.75, 3.05) is 18.5 Å². The third kappa shape index (κ3) is 3.20. The second-order valence-electron chi connectivity index (χ2n) is 3.92. The van der Waals surface area contributed by atoms with Gasteiger partial charge in [0.15, 0.2) is 0 Å². The number of aryl methyl sites for hydroxylation is 1. The monoisotopic (exact) mass is 224 g/mol. The van der Waals surface area contributed by atoms with E-state index in [-0.39, 0.29) is 18.2 Å². The standard InChI is InChI=1S/C11H16N2O3/c1-8(7-14)6-12-11-5-10(13(15)16)4-3-9(11)2/h3-5,8,12,14H,6-7H2,1-2H3. The molecule has 0 aliphatic heterocycles. The van der Waals surface area contributed by atoms with Crippen LogP contribution in [-0.4, -0.2) is 23.2 Å². The Hall–Kier alpha value is -1.62. The van der Waals surface area contributed by atoms with Crippen molar-refractivity contribution in [2.45, 2.75) is 13.8 Å². The van der Waals surface area contributed by atoms with Crippen molar-refractivity contribution in [1.82, 2.24) is 0 Å². The lowest BCUT2D eigenvalue weighted by Crippen LogP contribution is -2.15. The summed E-state index contributed by atoms with van der Waals surface area (Å²) in [6.45, 7) is 4.48. The molecular formula is C11H16N2O3. The Morgan fingerprint density at radius 1 is 1.56 bits per heavy atom. The molecule has 0 heterocycles. The second-order valence-corrected chi connectivity index (χ2v) is 3.92. The minimum Gasteiger partial charge on any atom is -0.396 e. The molecule has 0 fully saturated rings. The lowest BCUT2D eigenvalue weighted by atomic mass is 10.1. The molecule has 0 saturated heterocycles. The molecule has 0 amide bonds. The molecule has 1 aromatic carbocycles. The molecule has 88 valence electrons. The summed E-state index contributed by atoms with van der Waals surface area (Å²) >= 11 is 0. The van der Waals surface area contributed by atoms with Gasteiger partial charge < -0.3 is 10.4 Å². The van der Waals surface area contributed by atoms with Gasteiger partial charge >= 0.3 is 0 Å². The van der Waals surface area contributed by atoms with Crippen LogP contribution in [0.15, 0.2) is 18.2 Å². The summed E-state index contributed by atoms with van der Waals surface area (Å²) in [5.74, 6) is 0.124. The third-order valence-corrected chi connectivity index (χ3v) is 2.38.